The molecule has 8 N–H and O–H groups in total. The number of aromatic hydroxyl groups is 2. The third kappa shape index (κ3) is 5.24. The fourth-order valence-electron chi connectivity index (χ4n) is 2.15. The fourth-order valence-corrected chi connectivity index (χ4v) is 2.15. The molecule has 132 valence electrons. The second-order valence-corrected chi connectivity index (χ2v) is 5.56. The first-order valence-corrected chi connectivity index (χ1v) is 7.93. The molecule has 0 spiro atoms. The van der Waals surface area contributed by atoms with Crippen LogP contribution in [-0.4, -0.2) is 28.2 Å². The lowest BCUT2D eigenvalue weighted by atomic mass is 10.1. The smallest absolute Gasteiger partial charge is 0.138 e. The maximum absolute atomic E-state index is 9.59. The highest BCUT2D eigenvalue weighted by atomic mass is 16.3. The number of nitrogens with two attached hydrogens (primary N) is 3. The van der Waals surface area contributed by atoms with E-state index in [9.17, 15) is 5.11 Å². The van der Waals surface area contributed by atoms with Crippen molar-refractivity contribution in [2.24, 2.45) is 0 Å². The zero-order valence-electron chi connectivity index (χ0n) is 14.6. The Labute approximate surface area is 143 Å². The number of nitrogen functional groups attached to an aromatic ring is 3. The molecule has 0 aliphatic carbocycles. The van der Waals surface area contributed by atoms with Gasteiger partial charge in [0.25, 0.3) is 0 Å². The Kier molecular flexibility index (Phi) is 7.20. The van der Waals surface area contributed by atoms with Gasteiger partial charge in [-0.05, 0) is 55.9 Å². The predicted molar refractivity (Wildman–Crippen MR) is 101 cm³/mol. The third-order valence-electron chi connectivity index (χ3n) is 3.93. The Morgan fingerprint density at radius 3 is 2.04 bits per heavy atom. The van der Waals surface area contributed by atoms with E-state index in [0.29, 0.717) is 22.8 Å². The van der Waals surface area contributed by atoms with Crippen molar-refractivity contribution < 1.29 is 10.2 Å². The van der Waals surface area contributed by atoms with Gasteiger partial charge in [0.15, 0.2) is 0 Å². The summed E-state index contributed by atoms with van der Waals surface area (Å²) >= 11 is 0. The van der Waals surface area contributed by atoms with Gasteiger partial charge in [-0.25, -0.2) is 0 Å². The lowest BCUT2D eigenvalue weighted by Crippen LogP contribution is -2.22. The van der Waals surface area contributed by atoms with Crippen molar-refractivity contribution in [3.8, 4) is 11.5 Å². The maximum atomic E-state index is 9.59. The molecule has 0 heterocycles. The van der Waals surface area contributed by atoms with Gasteiger partial charge in [-0.1, -0.05) is 13.8 Å². The van der Waals surface area contributed by atoms with Crippen molar-refractivity contribution in [2.75, 3.05) is 30.3 Å². The third-order valence-corrected chi connectivity index (χ3v) is 3.93. The SMILES string of the molecule is CCN(CC)Cc1cc(N)ccc1O.Cc1c(N)ccc(O)c1N. The van der Waals surface area contributed by atoms with E-state index in [1.807, 2.05) is 6.07 Å². The molecule has 2 aromatic carbocycles. The van der Waals surface area contributed by atoms with Crippen LogP contribution in [0.3, 0.4) is 0 Å². The standard InChI is InChI=1S/C11H18N2O.C7H10N2O/c1-3-13(4-2)8-9-7-10(12)5-6-11(9)14;1-4-5(8)2-3-6(10)7(4)9/h5-7,14H,3-4,8,12H2,1-2H3;2-3,10H,8-9H2,1H3. The van der Waals surface area contributed by atoms with Crippen molar-refractivity contribution in [2.45, 2.75) is 27.3 Å². The highest BCUT2D eigenvalue weighted by Crippen LogP contribution is 2.27. The largest absolute Gasteiger partial charge is 0.508 e. The minimum absolute atomic E-state index is 0.0895. The summed E-state index contributed by atoms with van der Waals surface area (Å²) in [7, 11) is 0. The molecule has 0 fully saturated rings. The number of rotatable bonds is 4. The molecule has 0 aromatic heterocycles. The first kappa shape index (κ1) is 19.4. The zero-order chi connectivity index (χ0) is 18.3. The summed E-state index contributed by atoms with van der Waals surface area (Å²) < 4.78 is 0. The maximum Gasteiger partial charge on any atom is 0.138 e. The molecule has 0 unspecified atom stereocenters. The van der Waals surface area contributed by atoms with Crippen LogP contribution >= 0.6 is 0 Å². The Morgan fingerprint density at radius 2 is 1.50 bits per heavy atom. The molecule has 6 nitrogen and oxygen atoms in total. The van der Waals surface area contributed by atoms with E-state index in [4.69, 9.17) is 22.3 Å². The molecule has 0 saturated carbocycles. The number of anilines is 3. The van der Waals surface area contributed by atoms with Crippen molar-refractivity contribution >= 4 is 17.1 Å². The van der Waals surface area contributed by atoms with E-state index in [2.05, 4.69) is 18.7 Å². The molecule has 6 heteroatoms. The Hall–Kier alpha value is -2.60. The van der Waals surface area contributed by atoms with Crippen LogP contribution in [0.5, 0.6) is 11.5 Å². The molecule has 2 rings (SSSR count). The summed E-state index contributed by atoms with van der Waals surface area (Å²) in [5.41, 5.74) is 19.9. The van der Waals surface area contributed by atoms with Gasteiger partial charge in [0.2, 0.25) is 0 Å². The first-order chi connectivity index (χ1) is 11.3. The van der Waals surface area contributed by atoms with Gasteiger partial charge >= 0.3 is 0 Å². The molecular weight excluding hydrogens is 304 g/mol. The Morgan fingerprint density at radius 1 is 0.917 bits per heavy atom. The average Bonchev–Trinajstić information content (AvgIpc) is 2.58. The van der Waals surface area contributed by atoms with E-state index < -0.39 is 0 Å². The highest BCUT2D eigenvalue weighted by molar-refractivity contribution is 5.67. The van der Waals surface area contributed by atoms with Crippen LogP contribution in [0.2, 0.25) is 0 Å². The predicted octanol–water partition coefficient (Wildman–Crippen LogP) is 2.68. The average molecular weight is 332 g/mol. The fraction of sp³-hybridized carbons (Fsp3) is 0.333. The number of nitrogens with zero attached hydrogens (tertiary/aromatic N) is 1. The van der Waals surface area contributed by atoms with Gasteiger partial charge in [-0.3, -0.25) is 4.90 Å². The van der Waals surface area contributed by atoms with Gasteiger partial charge in [-0.15, -0.1) is 0 Å². The number of benzene rings is 2. The van der Waals surface area contributed by atoms with E-state index >= 15 is 0 Å². The summed E-state index contributed by atoms with van der Waals surface area (Å²) in [6.07, 6.45) is 0. The molecule has 0 radical (unpaired) electrons. The van der Waals surface area contributed by atoms with Crippen LogP contribution in [0.25, 0.3) is 0 Å². The molecule has 0 aliphatic heterocycles. The Balaban J connectivity index is 0.000000254. The van der Waals surface area contributed by atoms with Crippen LogP contribution in [0, 0.1) is 6.92 Å². The van der Waals surface area contributed by atoms with Gasteiger partial charge in [-0.2, -0.15) is 0 Å². The Bertz CT molecular complexity index is 643. The van der Waals surface area contributed by atoms with Crippen molar-refractivity contribution in [1.82, 2.24) is 4.90 Å². The normalized spacial score (nSPS) is 10.3. The van der Waals surface area contributed by atoms with E-state index in [0.717, 1.165) is 30.8 Å². The van der Waals surface area contributed by atoms with Crippen molar-refractivity contribution in [3.63, 3.8) is 0 Å². The monoisotopic (exact) mass is 332 g/mol. The highest BCUT2D eigenvalue weighted by Gasteiger charge is 2.05. The number of phenols is 2. The number of phenolic OH excluding ortho intramolecular Hbond substituents is 2. The zero-order valence-corrected chi connectivity index (χ0v) is 14.6. The molecule has 0 saturated heterocycles. The van der Waals surface area contributed by atoms with Gasteiger partial charge in [0.05, 0.1) is 5.69 Å². The number of hydrogen-bond donors (Lipinski definition) is 5. The van der Waals surface area contributed by atoms with E-state index in [-0.39, 0.29) is 5.75 Å². The van der Waals surface area contributed by atoms with E-state index in [1.165, 1.54) is 6.07 Å². The van der Waals surface area contributed by atoms with Gasteiger partial charge < -0.3 is 27.4 Å². The summed E-state index contributed by atoms with van der Waals surface area (Å²) in [5.74, 6) is 0.415. The lowest BCUT2D eigenvalue weighted by Gasteiger charge is -2.18. The molecule has 0 aliphatic rings. The van der Waals surface area contributed by atoms with E-state index in [1.54, 1.807) is 25.1 Å². The molecule has 2 aromatic rings. The van der Waals surface area contributed by atoms with Gasteiger partial charge in [0, 0.05) is 23.5 Å². The van der Waals surface area contributed by atoms with Gasteiger partial charge in [0.1, 0.15) is 11.5 Å². The second-order valence-electron chi connectivity index (χ2n) is 5.56. The number of hydrogen-bond acceptors (Lipinski definition) is 6. The molecule has 0 atom stereocenters. The summed E-state index contributed by atoms with van der Waals surface area (Å²) in [5, 5.41) is 18.6. The first-order valence-electron chi connectivity index (χ1n) is 7.93. The lowest BCUT2D eigenvalue weighted by molar-refractivity contribution is 0.291. The summed E-state index contributed by atoms with van der Waals surface area (Å²) in [4.78, 5) is 2.23. The summed E-state index contributed by atoms with van der Waals surface area (Å²) in [6.45, 7) is 8.68. The minimum Gasteiger partial charge on any atom is -0.508 e. The molecule has 0 bridgehead atoms. The van der Waals surface area contributed by atoms with Crippen LogP contribution < -0.4 is 17.2 Å². The minimum atomic E-state index is 0.0895. The van der Waals surface area contributed by atoms with Crippen LogP contribution in [0.1, 0.15) is 25.0 Å². The second kappa shape index (κ2) is 8.88. The van der Waals surface area contributed by atoms with Crippen molar-refractivity contribution in [3.05, 3.63) is 41.5 Å². The van der Waals surface area contributed by atoms with Crippen LogP contribution in [0.15, 0.2) is 30.3 Å². The molecule has 0 amide bonds. The molecular formula is C18H28N4O2. The molecule has 24 heavy (non-hydrogen) atoms. The van der Waals surface area contributed by atoms with Crippen LogP contribution in [-0.2, 0) is 6.54 Å². The summed E-state index contributed by atoms with van der Waals surface area (Å²) in [6, 6.07) is 8.29. The topological polar surface area (TPSA) is 122 Å². The van der Waals surface area contributed by atoms with Crippen molar-refractivity contribution in [1.29, 1.82) is 0 Å². The van der Waals surface area contributed by atoms with Crippen LogP contribution in [0.4, 0.5) is 17.1 Å². The quantitative estimate of drug-likeness (QED) is 0.333.